The van der Waals surface area contributed by atoms with Crippen molar-refractivity contribution in [1.29, 1.82) is 0 Å². The van der Waals surface area contributed by atoms with Gasteiger partial charge in [0.1, 0.15) is 6.61 Å². The fraction of sp³-hybridized carbons (Fsp3) is 0.154. The number of carbonyl (C=O) groups is 2. The first-order valence-corrected chi connectivity index (χ1v) is 10.2. The molecule has 0 atom stereocenters. The fourth-order valence-electron chi connectivity index (χ4n) is 2.94. The minimum Gasteiger partial charge on any atom is -0.493 e. The maximum Gasteiger partial charge on any atom is 0.331 e. The van der Waals surface area contributed by atoms with E-state index >= 15 is 0 Å². The summed E-state index contributed by atoms with van der Waals surface area (Å²) in [6.45, 7) is -0.0446. The van der Waals surface area contributed by atoms with Crippen LogP contribution in [0.4, 0.5) is 5.69 Å². The van der Waals surface area contributed by atoms with E-state index in [1.165, 1.54) is 20.3 Å². The first-order chi connectivity index (χ1) is 16.1. The Labute approximate surface area is 192 Å². The number of amides is 1. The first-order valence-electron chi connectivity index (χ1n) is 10.2. The lowest BCUT2D eigenvalue weighted by Crippen LogP contribution is -2.20. The number of carbonyl (C=O) groups excluding carboxylic acids is 2. The van der Waals surface area contributed by atoms with E-state index in [2.05, 4.69) is 5.32 Å². The molecule has 0 aliphatic rings. The number of methoxy groups -OCH3 is 2. The third-order valence-electron chi connectivity index (χ3n) is 4.52. The highest BCUT2D eigenvalue weighted by atomic mass is 16.5. The summed E-state index contributed by atoms with van der Waals surface area (Å²) in [6.07, 6.45) is 2.78. The maximum atomic E-state index is 12.0. The number of hydrogen-bond donors (Lipinski definition) is 1. The van der Waals surface area contributed by atoms with Gasteiger partial charge in [0, 0.05) is 11.8 Å². The van der Waals surface area contributed by atoms with Gasteiger partial charge >= 0.3 is 5.97 Å². The Balaban J connectivity index is 1.61. The summed E-state index contributed by atoms with van der Waals surface area (Å²) in [5, 5.41) is 2.64. The van der Waals surface area contributed by atoms with Gasteiger partial charge in [-0.3, -0.25) is 4.79 Å². The van der Waals surface area contributed by atoms with E-state index in [0.717, 1.165) is 5.56 Å². The molecule has 170 valence electrons. The van der Waals surface area contributed by atoms with E-state index in [-0.39, 0.29) is 0 Å². The summed E-state index contributed by atoms with van der Waals surface area (Å²) < 4.78 is 21.8. The summed E-state index contributed by atoms with van der Waals surface area (Å²) in [6, 6.07) is 22.1. The van der Waals surface area contributed by atoms with Crippen molar-refractivity contribution in [1.82, 2.24) is 0 Å². The Kier molecular flexibility index (Phi) is 8.48. The van der Waals surface area contributed by atoms with Crippen LogP contribution in [0.1, 0.15) is 11.1 Å². The van der Waals surface area contributed by atoms with Gasteiger partial charge < -0.3 is 24.3 Å². The zero-order valence-corrected chi connectivity index (χ0v) is 18.4. The van der Waals surface area contributed by atoms with Crippen LogP contribution in [-0.4, -0.2) is 32.7 Å². The van der Waals surface area contributed by atoms with E-state index in [9.17, 15) is 9.59 Å². The zero-order valence-electron chi connectivity index (χ0n) is 18.4. The minimum atomic E-state index is -0.652. The second kappa shape index (κ2) is 12.0. The Hall–Kier alpha value is -4.26. The minimum absolute atomic E-state index is 0.347. The van der Waals surface area contributed by atoms with Crippen molar-refractivity contribution < 1.29 is 28.5 Å². The van der Waals surface area contributed by atoms with Gasteiger partial charge in [-0.15, -0.1) is 0 Å². The molecule has 3 rings (SSSR count). The largest absolute Gasteiger partial charge is 0.493 e. The van der Waals surface area contributed by atoms with Crippen molar-refractivity contribution in [3.05, 3.63) is 90.0 Å². The average molecular weight is 447 g/mol. The van der Waals surface area contributed by atoms with Crippen LogP contribution in [0.5, 0.6) is 17.2 Å². The second-order valence-corrected chi connectivity index (χ2v) is 6.88. The zero-order chi connectivity index (χ0) is 23.5. The Bertz CT molecular complexity index is 1070. The molecule has 7 nitrogen and oxygen atoms in total. The van der Waals surface area contributed by atoms with Gasteiger partial charge in [0.15, 0.2) is 18.1 Å². The predicted octanol–water partition coefficient (Wildman–Crippen LogP) is 4.48. The molecule has 7 heteroatoms. The molecule has 0 aliphatic heterocycles. The lowest BCUT2D eigenvalue weighted by Gasteiger charge is -2.15. The van der Waals surface area contributed by atoms with E-state index in [1.807, 2.05) is 36.4 Å². The number of rotatable bonds is 10. The van der Waals surface area contributed by atoms with Crippen molar-refractivity contribution in [2.75, 3.05) is 26.1 Å². The van der Waals surface area contributed by atoms with E-state index in [0.29, 0.717) is 35.1 Å². The molecule has 3 aromatic carbocycles. The lowest BCUT2D eigenvalue weighted by atomic mass is 10.1. The standard InChI is InChI=1S/C26H25NO6/c1-30-22-15-20(16-23(31-2)26(22)33-17-19-9-5-3-6-10-19)13-14-25(29)32-18-24(28)27-21-11-7-4-8-12-21/h3-16H,17-18H2,1-2H3,(H,27,28)/b14-13+. The van der Waals surface area contributed by atoms with Crippen LogP contribution in [0.15, 0.2) is 78.9 Å². The quantitative estimate of drug-likeness (QED) is 0.365. The molecule has 0 saturated heterocycles. The number of nitrogens with one attached hydrogen (secondary N) is 1. The molecule has 0 aliphatic carbocycles. The van der Waals surface area contributed by atoms with Crippen LogP contribution in [0.2, 0.25) is 0 Å². The number of esters is 1. The van der Waals surface area contributed by atoms with Crippen molar-refractivity contribution in [2.24, 2.45) is 0 Å². The van der Waals surface area contributed by atoms with Gasteiger partial charge in [-0.1, -0.05) is 48.5 Å². The smallest absolute Gasteiger partial charge is 0.331 e. The van der Waals surface area contributed by atoms with Gasteiger partial charge in [0.2, 0.25) is 5.75 Å². The lowest BCUT2D eigenvalue weighted by molar-refractivity contribution is -0.142. The molecule has 0 unspecified atom stereocenters. The molecule has 0 bridgehead atoms. The van der Waals surface area contributed by atoms with Gasteiger partial charge in [-0.05, 0) is 41.5 Å². The Morgan fingerprint density at radius 3 is 2.09 bits per heavy atom. The van der Waals surface area contributed by atoms with Crippen LogP contribution in [0.3, 0.4) is 0 Å². The third-order valence-corrected chi connectivity index (χ3v) is 4.52. The normalized spacial score (nSPS) is 10.5. The summed E-state index contributed by atoms with van der Waals surface area (Å²) in [4.78, 5) is 23.9. The summed E-state index contributed by atoms with van der Waals surface area (Å²) in [5.41, 5.74) is 2.27. The number of ether oxygens (including phenoxy) is 4. The highest BCUT2D eigenvalue weighted by Gasteiger charge is 2.14. The molecule has 3 aromatic rings. The third kappa shape index (κ3) is 7.14. The summed E-state index contributed by atoms with van der Waals surface area (Å²) in [7, 11) is 3.05. The maximum absolute atomic E-state index is 12.0. The van der Waals surface area contributed by atoms with Gasteiger partial charge in [-0.2, -0.15) is 0 Å². The van der Waals surface area contributed by atoms with Crippen LogP contribution in [-0.2, 0) is 20.9 Å². The highest BCUT2D eigenvalue weighted by Crippen LogP contribution is 2.39. The molecule has 0 radical (unpaired) electrons. The van der Waals surface area contributed by atoms with E-state index < -0.39 is 18.5 Å². The van der Waals surface area contributed by atoms with Gasteiger partial charge in [-0.25, -0.2) is 4.79 Å². The van der Waals surface area contributed by atoms with Crippen LogP contribution in [0.25, 0.3) is 6.08 Å². The van der Waals surface area contributed by atoms with E-state index in [1.54, 1.807) is 42.5 Å². The SMILES string of the molecule is COc1cc(/C=C/C(=O)OCC(=O)Nc2ccccc2)cc(OC)c1OCc1ccccc1. The number of benzene rings is 3. The van der Waals surface area contributed by atoms with Crippen LogP contribution >= 0.6 is 0 Å². The molecular formula is C26H25NO6. The molecule has 0 saturated carbocycles. The number of hydrogen-bond acceptors (Lipinski definition) is 6. The molecule has 0 spiro atoms. The molecule has 0 aromatic heterocycles. The van der Waals surface area contributed by atoms with Crippen LogP contribution < -0.4 is 19.5 Å². The van der Waals surface area contributed by atoms with Crippen molar-refractivity contribution in [2.45, 2.75) is 6.61 Å². The summed E-state index contributed by atoms with van der Waals surface area (Å²) in [5.74, 6) is 0.300. The van der Waals surface area contributed by atoms with Crippen molar-refractivity contribution in [3.8, 4) is 17.2 Å². The van der Waals surface area contributed by atoms with Crippen molar-refractivity contribution in [3.63, 3.8) is 0 Å². The van der Waals surface area contributed by atoms with Gasteiger partial charge in [0.05, 0.1) is 14.2 Å². The average Bonchev–Trinajstić information content (AvgIpc) is 2.85. The first kappa shape index (κ1) is 23.4. The van der Waals surface area contributed by atoms with Crippen LogP contribution in [0, 0.1) is 0 Å². The second-order valence-electron chi connectivity index (χ2n) is 6.88. The molecule has 33 heavy (non-hydrogen) atoms. The number of anilines is 1. The summed E-state index contributed by atoms with van der Waals surface area (Å²) >= 11 is 0. The van der Waals surface area contributed by atoms with Gasteiger partial charge in [0.25, 0.3) is 5.91 Å². The number of para-hydroxylation sites is 1. The molecule has 0 heterocycles. The fourth-order valence-corrected chi connectivity index (χ4v) is 2.94. The van der Waals surface area contributed by atoms with Crippen molar-refractivity contribution >= 4 is 23.6 Å². The molecule has 1 N–H and O–H groups in total. The topological polar surface area (TPSA) is 83.1 Å². The monoisotopic (exact) mass is 447 g/mol. The van der Waals surface area contributed by atoms with E-state index in [4.69, 9.17) is 18.9 Å². The molecule has 1 amide bonds. The predicted molar refractivity (Wildman–Crippen MR) is 125 cm³/mol. The Morgan fingerprint density at radius 1 is 0.879 bits per heavy atom. The highest BCUT2D eigenvalue weighted by molar-refractivity contribution is 5.94. The Morgan fingerprint density at radius 2 is 1.48 bits per heavy atom. The molecular weight excluding hydrogens is 422 g/mol. The molecule has 0 fully saturated rings.